The Morgan fingerprint density at radius 3 is 2.92 bits per heavy atom. The normalized spacial score (nSPS) is 10.4. The van der Waals surface area contributed by atoms with Crippen molar-refractivity contribution in [1.29, 1.82) is 5.26 Å². The van der Waals surface area contributed by atoms with Crippen molar-refractivity contribution in [3.05, 3.63) is 36.0 Å². The van der Waals surface area contributed by atoms with Gasteiger partial charge in [-0.2, -0.15) is 17.0 Å². The lowest BCUT2D eigenvalue weighted by molar-refractivity contribution is -0.116. The first-order chi connectivity index (χ1) is 11.7. The number of carbonyl (C=O) groups is 1. The van der Waals surface area contributed by atoms with Crippen molar-refractivity contribution in [2.45, 2.75) is 17.4 Å². The second-order valence-corrected chi connectivity index (χ2v) is 6.38. The van der Waals surface area contributed by atoms with Crippen LogP contribution in [-0.4, -0.2) is 34.7 Å². The van der Waals surface area contributed by atoms with Crippen molar-refractivity contribution < 1.29 is 13.6 Å². The summed E-state index contributed by atoms with van der Waals surface area (Å²) < 4.78 is 19.3. The number of nitriles is 1. The minimum absolute atomic E-state index is 0.0145. The molecule has 0 fully saturated rings. The molecule has 2 aromatic rings. The van der Waals surface area contributed by atoms with Crippen molar-refractivity contribution in [2.75, 3.05) is 23.5 Å². The maximum atomic E-state index is 14.0. The van der Waals surface area contributed by atoms with Crippen LogP contribution < -0.4 is 4.90 Å². The standard InChI is InChI=1S/C15H15FN4O2S2/c1-23-9-13-18-19-15(22-13)24-10-14(21)20(8-4-7-17)12-6-3-2-5-11(12)16/h2-3,5-6H,4,8-10H2,1H3. The van der Waals surface area contributed by atoms with Crippen LogP contribution in [0.25, 0.3) is 0 Å². The Labute approximate surface area is 147 Å². The van der Waals surface area contributed by atoms with Crippen LogP contribution in [0.3, 0.4) is 0 Å². The third kappa shape index (κ3) is 4.97. The fraction of sp³-hybridized carbons (Fsp3) is 0.333. The van der Waals surface area contributed by atoms with E-state index in [1.165, 1.54) is 17.0 Å². The molecule has 0 saturated carbocycles. The molecule has 1 aromatic carbocycles. The highest BCUT2D eigenvalue weighted by molar-refractivity contribution is 7.99. The van der Waals surface area contributed by atoms with Crippen molar-refractivity contribution in [2.24, 2.45) is 0 Å². The van der Waals surface area contributed by atoms with Crippen LogP contribution in [0.5, 0.6) is 0 Å². The average Bonchev–Trinajstić information content (AvgIpc) is 3.03. The summed E-state index contributed by atoms with van der Waals surface area (Å²) >= 11 is 2.64. The molecule has 126 valence electrons. The van der Waals surface area contributed by atoms with E-state index in [0.717, 1.165) is 11.8 Å². The van der Waals surface area contributed by atoms with Gasteiger partial charge in [-0.05, 0) is 18.4 Å². The predicted octanol–water partition coefficient (Wildman–Crippen LogP) is 3.11. The van der Waals surface area contributed by atoms with E-state index < -0.39 is 5.82 Å². The molecule has 0 aliphatic rings. The summed E-state index contributed by atoms with van der Waals surface area (Å²) in [6.45, 7) is 0.123. The zero-order valence-corrected chi connectivity index (χ0v) is 14.6. The largest absolute Gasteiger partial charge is 0.415 e. The van der Waals surface area contributed by atoms with Gasteiger partial charge in [0.25, 0.3) is 5.22 Å². The lowest BCUT2D eigenvalue weighted by atomic mass is 10.2. The molecule has 0 bridgehead atoms. The molecular formula is C15H15FN4O2S2. The molecule has 1 aromatic heterocycles. The monoisotopic (exact) mass is 366 g/mol. The van der Waals surface area contributed by atoms with Crippen LogP contribution in [0.2, 0.25) is 0 Å². The van der Waals surface area contributed by atoms with Gasteiger partial charge >= 0.3 is 0 Å². The quantitative estimate of drug-likeness (QED) is 0.664. The van der Waals surface area contributed by atoms with E-state index >= 15 is 0 Å². The van der Waals surface area contributed by atoms with E-state index in [-0.39, 0.29) is 30.3 Å². The van der Waals surface area contributed by atoms with Crippen LogP contribution in [0.1, 0.15) is 12.3 Å². The van der Waals surface area contributed by atoms with E-state index in [4.69, 9.17) is 9.68 Å². The molecule has 24 heavy (non-hydrogen) atoms. The average molecular weight is 366 g/mol. The minimum Gasteiger partial charge on any atom is -0.415 e. The summed E-state index contributed by atoms with van der Waals surface area (Å²) in [5.74, 6) is 0.276. The van der Waals surface area contributed by atoms with E-state index in [9.17, 15) is 9.18 Å². The third-order valence-corrected chi connectivity index (χ3v) is 4.27. The molecule has 1 amide bonds. The number of thioether (sulfide) groups is 2. The summed E-state index contributed by atoms with van der Waals surface area (Å²) in [5.41, 5.74) is 0.159. The molecule has 0 spiro atoms. The second kappa shape index (κ2) is 9.30. The Morgan fingerprint density at radius 2 is 2.21 bits per heavy atom. The highest BCUT2D eigenvalue weighted by atomic mass is 32.2. The smallest absolute Gasteiger partial charge is 0.277 e. The fourth-order valence-corrected chi connectivity index (χ4v) is 2.91. The van der Waals surface area contributed by atoms with Gasteiger partial charge in [-0.25, -0.2) is 4.39 Å². The van der Waals surface area contributed by atoms with Gasteiger partial charge in [-0.3, -0.25) is 4.79 Å². The van der Waals surface area contributed by atoms with E-state index in [0.29, 0.717) is 16.9 Å². The molecule has 0 unspecified atom stereocenters. The SMILES string of the molecule is CSCc1nnc(SCC(=O)N(CCC#N)c2ccccc2F)o1. The number of hydrogen-bond donors (Lipinski definition) is 0. The second-order valence-electron chi connectivity index (χ2n) is 4.59. The van der Waals surface area contributed by atoms with Gasteiger partial charge in [0, 0.05) is 6.54 Å². The van der Waals surface area contributed by atoms with Crippen LogP contribution >= 0.6 is 23.5 Å². The van der Waals surface area contributed by atoms with Crippen LogP contribution in [0, 0.1) is 17.1 Å². The molecule has 1 heterocycles. The number of rotatable bonds is 8. The lowest BCUT2D eigenvalue weighted by Crippen LogP contribution is -2.34. The van der Waals surface area contributed by atoms with Crippen LogP contribution in [0.4, 0.5) is 10.1 Å². The Balaban J connectivity index is 2.04. The molecule has 0 aliphatic heterocycles. The van der Waals surface area contributed by atoms with Gasteiger partial charge in [0.2, 0.25) is 11.8 Å². The number of anilines is 1. The first kappa shape index (κ1) is 18.3. The van der Waals surface area contributed by atoms with Crippen LogP contribution in [0.15, 0.2) is 33.9 Å². The molecule has 6 nitrogen and oxygen atoms in total. The number of aromatic nitrogens is 2. The molecule has 0 atom stereocenters. The van der Waals surface area contributed by atoms with Crippen molar-refractivity contribution in [1.82, 2.24) is 10.2 Å². The number of halogens is 1. The topological polar surface area (TPSA) is 83.0 Å². The summed E-state index contributed by atoms with van der Waals surface area (Å²) in [7, 11) is 0. The maximum Gasteiger partial charge on any atom is 0.277 e. The molecule has 2 rings (SSSR count). The predicted molar refractivity (Wildman–Crippen MR) is 91.2 cm³/mol. The number of nitrogens with zero attached hydrogens (tertiary/aromatic N) is 4. The van der Waals surface area contributed by atoms with E-state index in [1.807, 2.05) is 12.3 Å². The van der Waals surface area contributed by atoms with Gasteiger partial charge in [0.05, 0.1) is 29.7 Å². The Bertz CT molecular complexity index is 732. The van der Waals surface area contributed by atoms with Gasteiger partial charge < -0.3 is 9.32 Å². The molecule has 0 radical (unpaired) electrons. The minimum atomic E-state index is -0.506. The lowest BCUT2D eigenvalue weighted by Gasteiger charge is -2.21. The Hall–Kier alpha value is -2.05. The summed E-state index contributed by atoms with van der Waals surface area (Å²) in [5, 5.41) is 16.8. The fourth-order valence-electron chi connectivity index (χ4n) is 1.89. The molecular weight excluding hydrogens is 351 g/mol. The third-order valence-electron chi connectivity index (χ3n) is 2.93. The zero-order valence-electron chi connectivity index (χ0n) is 12.9. The van der Waals surface area contributed by atoms with Crippen LogP contribution in [-0.2, 0) is 10.5 Å². The highest BCUT2D eigenvalue weighted by Gasteiger charge is 2.20. The highest BCUT2D eigenvalue weighted by Crippen LogP contribution is 2.23. The van der Waals surface area contributed by atoms with Crippen molar-refractivity contribution in [3.63, 3.8) is 0 Å². The number of carbonyl (C=O) groups excluding carboxylic acids is 1. The number of benzene rings is 1. The van der Waals surface area contributed by atoms with Gasteiger partial charge in [-0.15, -0.1) is 10.2 Å². The van der Waals surface area contributed by atoms with Crippen molar-refractivity contribution >= 4 is 35.1 Å². The summed E-state index contributed by atoms with van der Waals surface area (Å²) in [6.07, 6.45) is 2.03. The summed E-state index contributed by atoms with van der Waals surface area (Å²) in [4.78, 5) is 13.7. The molecule has 0 aliphatic carbocycles. The summed E-state index contributed by atoms with van der Waals surface area (Å²) in [6, 6.07) is 7.95. The number of para-hydroxylation sites is 1. The molecule has 0 N–H and O–H groups in total. The first-order valence-electron chi connectivity index (χ1n) is 7.01. The van der Waals surface area contributed by atoms with Crippen molar-refractivity contribution in [3.8, 4) is 6.07 Å². The number of hydrogen-bond acceptors (Lipinski definition) is 7. The molecule has 0 saturated heterocycles. The van der Waals surface area contributed by atoms with Gasteiger partial charge in [-0.1, -0.05) is 23.9 Å². The molecule has 9 heteroatoms. The van der Waals surface area contributed by atoms with E-state index in [1.54, 1.807) is 23.9 Å². The first-order valence-corrected chi connectivity index (χ1v) is 9.39. The Kier molecular flexibility index (Phi) is 7.08. The Morgan fingerprint density at radius 1 is 1.42 bits per heavy atom. The zero-order chi connectivity index (χ0) is 17.4. The van der Waals surface area contributed by atoms with Gasteiger partial charge in [0.15, 0.2) is 0 Å². The van der Waals surface area contributed by atoms with E-state index in [2.05, 4.69) is 10.2 Å². The maximum absolute atomic E-state index is 14.0. The number of amides is 1. The van der Waals surface area contributed by atoms with Gasteiger partial charge in [0.1, 0.15) is 5.82 Å².